The quantitative estimate of drug-likeness (QED) is 0.0349. The Morgan fingerprint density at radius 3 is 1.01 bits per heavy atom. The minimum absolute atomic E-state index is 0.0519. The fraction of sp³-hybridized carbons (Fsp3) is 0.313. The van der Waals surface area contributed by atoms with E-state index < -0.39 is 71.5 Å². The maximum atomic E-state index is 13.2. The molecule has 7 aromatic rings. The topological polar surface area (TPSA) is 156 Å². The van der Waals surface area contributed by atoms with Gasteiger partial charge in [-0.25, -0.2) is 0 Å². The molecular weight excluding hydrogens is 1060 g/mol. The van der Waals surface area contributed by atoms with Gasteiger partial charge in [0.1, 0.15) is 48.8 Å². The summed E-state index contributed by atoms with van der Waals surface area (Å²) >= 11 is 0. The SMILES string of the molecule is C=CCOC1OC(CO)C(OCc2ccccc2)C(OCc2ccccc2)C1OCc1ccccc1.C=CCOC1OC(COS(=O)(=O)c2ccc(C)cc2)C(OCc2ccccc2)C(OCc2ccccc2)C1OCc1ccccc1. The van der Waals surface area contributed by atoms with E-state index in [2.05, 4.69) is 13.2 Å². The minimum Gasteiger partial charge on any atom is -0.394 e. The Hall–Kier alpha value is -6.51. The highest BCUT2D eigenvalue weighted by Gasteiger charge is 2.50. The van der Waals surface area contributed by atoms with Crippen LogP contribution in [0, 0.1) is 6.92 Å². The third kappa shape index (κ3) is 18.8. The van der Waals surface area contributed by atoms with Crippen LogP contribution in [0.1, 0.15) is 38.9 Å². The normalized spacial score (nSPS) is 22.6. The van der Waals surface area contributed by atoms with E-state index in [1.807, 2.05) is 189 Å². The number of hydrogen-bond acceptors (Lipinski definition) is 14. The first-order chi connectivity index (χ1) is 40.2. The van der Waals surface area contributed by atoms with E-state index in [9.17, 15) is 13.5 Å². The first-order valence-electron chi connectivity index (χ1n) is 27.5. The van der Waals surface area contributed by atoms with E-state index in [0.717, 1.165) is 38.9 Å². The minimum atomic E-state index is -4.10. The van der Waals surface area contributed by atoms with Crippen LogP contribution >= 0.6 is 0 Å². The summed E-state index contributed by atoms with van der Waals surface area (Å²) in [6.45, 7) is 11.1. The van der Waals surface area contributed by atoms with Gasteiger partial charge in [0.05, 0.1) is 71.0 Å². The summed E-state index contributed by atoms with van der Waals surface area (Å²) in [5.41, 5.74) is 6.85. The number of aryl methyl sites for hydroxylation is 1. The van der Waals surface area contributed by atoms with Crippen LogP contribution in [0.3, 0.4) is 0 Å². The van der Waals surface area contributed by atoms with Gasteiger partial charge in [0.2, 0.25) is 0 Å². The molecule has 2 saturated heterocycles. The van der Waals surface area contributed by atoms with Gasteiger partial charge in [0.15, 0.2) is 12.6 Å². The molecule has 0 aliphatic carbocycles. The fourth-order valence-electron chi connectivity index (χ4n) is 9.30. The van der Waals surface area contributed by atoms with E-state index in [-0.39, 0.29) is 51.1 Å². The molecule has 2 aliphatic rings. The predicted octanol–water partition coefficient (Wildman–Crippen LogP) is 11.0. The molecule has 0 bridgehead atoms. The third-order valence-electron chi connectivity index (χ3n) is 13.5. The fourth-order valence-corrected chi connectivity index (χ4v) is 10.2. The molecule has 0 amide bonds. The van der Waals surface area contributed by atoms with Crippen LogP contribution in [0.15, 0.2) is 236 Å². The molecule has 2 fully saturated rings. The van der Waals surface area contributed by atoms with E-state index in [0.29, 0.717) is 19.8 Å². The van der Waals surface area contributed by atoms with Crippen molar-refractivity contribution < 1.29 is 65.1 Å². The highest BCUT2D eigenvalue weighted by Crippen LogP contribution is 2.34. The van der Waals surface area contributed by atoms with Gasteiger partial charge in [-0.3, -0.25) is 4.18 Å². The molecule has 0 radical (unpaired) electrons. The summed E-state index contributed by atoms with van der Waals surface area (Å²) in [4.78, 5) is 0.0519. The molecule has 2 heterocycles. The Balaban J connectivity index is 0.000000221. The van der Waals surface area contributed by atoms with Crippen molar-refractivity contribution in [2.45, 2.75) is 113 Å². The van der Waals surface area contributed by atoms with Crippen LogP contribution in [0.4, 0.5) is 0 Å². The second-order valence-electron chi connectivity index (χ2n) is 19.6. The Morgan fingerprint density at radius 1 is 0.402 bits per heavy atom. The lowest BCUT2D eigenvalue weighted by molar-refractivity contribution is -0.324. The van der Waals surface area contributed by atoms with Gasteiger partial charge in [0, 0.05) is 0 Å². The van der Waals surface area contributed by atoms with Crippen LogP contribution in [-0.2, 0) is 101 Å². The molecule has 14 nitrogen and oxygen atoms in total. The van der Waals surface area contributed by atoms with Crippen molar-refractivity contribution in [3.63, 3.8) is 0 Å². The molecule has 432 valence electrons. The van der Waals surface area contributed by atoms with E-state index in [4.69, 9.17) is 51.6 Å². The van der Waals surface area contributed by atoms with Crippen LogP contribution in [0.25, 0.3) is 0 Å². The van der Waals surface area contributed by atoms with Crippen LogP contribution in [0.2, 0.25) is 0 Å². The van der Waals surface area contributed by atoms with Crippen LogP contribution < -0.4 is 0 Å². The summed E-state index contributed by atoms with van der Waals surface area (Å²) in [5, 5.41) is 10.2. The third-order valence-corrected chi connectivity index (χ3v) is 14.8. The zero-order chi connectivity index (χ0) is 57.2. The molecule has 7 aromatic carbocycles. The number of rotatable bonds is 29. The van der Waals surface area contributed by atoms with Crippen molar-refractivity contribution in [2.75, 3.05) is 26.4 Å². The van der Waals surface area contributed by atoms with Gasteiger partial charge in [-0.2, -0.15) is 8.42 Å². The molecule has 0 saturated carbocycles. The molecule has 2 aliphatic heterocycles. The standard InChI is InChI=1S/C37H40O8S.C30H34O6/c1-3-23-40-37-36(43-26-31-17-11-6-12-18-31)35(42-25-30-15-9-5-10-16-30)34(41-24-29-13-7-4-8-14-29)33(45-37)27-44-46(38,39)32-21-19-28(2)20-22-32;1-2-18-32-30-29(35-22-25-16-10-5-11-17-25)28(34-21-24-14-8-4-9-15-24)27(26(19-31)36-30)33-20-23-12-6-3-7-13-23/h3-22,33-37H,1,23-27H2,2H3;2-17,26-31H,1,18-22H2. The zero-order valence-corrected chi connectivity index (χ0v) is 47.0. The maximum absolute atomic E-state index is 13.2. The average molecular weight is 1140 g/mol. The van der Waals surface area contributed by atoms with E-state index in [1.54, 1.807) is 24.3 Å². The van der Waals surface area contributed by atoms with Gasteiger partial charge in [-0.1, -0.05) is 212 Å². The second-order valence-corrected chi connectivity index (χ2v) is 21.2. The number of hydrogen-bond donors (Lipinski definition) is 1. The van der Waals surface area contributed by atoms with Gasteiger partial charge in [-0.15, -0.1) is 13.2 Å². The molecule has 9 rings (SSSR count). The molecule has 0 spiro atoms. The highest BCUT2D eigenvalue weighted by atomic mass is 32.2. The lowest BCUT2D eigenvalue weighted by Gasteiger charge is -2.45. The molecule has 0 aromatic heterocycles. The molecular formula is C67H74O14S. The van der Waals surface area contributed by atoms with Crippen molar-refractivity contribution in [3.8, 4) is 0 Å². The van der Waals surface area contributed by atoms with Crippen molar-refractivity contribution in [1.29, 1.82) is 0 Å². The summed E-state index contributed by atoms with van der Waals surface area (Å²) in [6.07, 6.45) is -3.97. The van der Waals surface area contributed by atoms with Crippen molar-refractivity contribution in [3.05, 3.63) is 271 Å². The predicted molar refractivity (Wildman–Crippen MR) is 311 cm³/mol. The largest absolute Gasteiger partial charge is 0.394 e. The zero-order valence-electron chi connectivity index (χ0n) is 46.2. The second kappa shape index (κ2) is 33.0. The summed E-state index contributed by atoms with van der Waals surface area (Å²) < 4.78 is 95.5. The number of aliphatic hydroxyl groups is 1. The summed E-state index contributed by atoms with van der Waals surface area (Å²) in [7, 11) is -4.10. The van der Waals surface area contributed by atoms with Crippen LogP contribution in [0.5, 0.6) is 0 Å². The summed E-state index contributed by atoms with van der Waals surface area (Å²) in [5.74, 6) is 0. The van der Waals surface area contributed by atoms with Crippen LogP contribution in [-0.4, -0.2) is 101 Å². The van der Waals surface area contributed by atoms with Gasteiger partial charge in [0.25, 0.3) is 10.1 Å². The Bertz CT molecular complexity index is 3000. The highest BCUT2D eigenvalue weighted by molar-refractivity contribution is 7.86. The van der Waals surface area contributed by atoms with E-state index in [1.165, 1.54) is 12.1 Å². The number of aliphatic hydroxyl groups excluding tert-OH is 1. The molecule has 1 N–H and O–H groups in total. The van der Waals surface area contributed by atoms with Crippen molar-refractivity contribution in [1.82, 2.24) is 0 Å². The monoisotopic (exact) mass is 1130 g/mol. The first kappa shape index (κ1) is 61.6. The molecule has 10 atom stereocenters. The van der Waals surface area contributed by atoms with E-state index >= 15 is 0 Å². The average Bonchev–Trinajstić information content (AvgIpc) is 3.70. The van der Waals surface area contributed by atoms with Crippen molar-refractivity contribution >= 4 is 10.1 Å². The molecule has 15 heteroatoms. The van der Waals surface area contributed by atoms with Gasteiger partial charge >= 0.3 is 0 Å². The van der Waals surface area contributed by atoms with Crippen molar-refractivity contribution in [2.24, 2.45) is 0 Å². The summed E-state index contributed by atoms with van der Waals surface area (Å²) in [6, 6.07) is 65.5. The maximum Gasteiger partial charge on any atom is 0.297 e. The molecule has 10 unspecified atom stereocenters. The Kier molecular flexibility index (Phi) is 24.7. The van der Waals surface area contributed by atoms with Gasteiger partial charge < -0.3 is 52.5 Å². The lowest BCUT2D eigenvalue weighted by atomic mass is 9.98. The Labute approximate surface area is 482 Å². The lowest BCUT2D eigenvalue weighted by Crippen LogP contribution is -2.61. The molecule has 82 heavy (non-hydrogen) atoms. The first-order valence-corrected chi connectivity index (χ1v) is 28.9. The number of benzene rings is 7. The van der Waals surface area contributed by atoms with Gasteiger partial charge in [-0.05, 0) is 52.4 Å². The smallest absolute Gasteiger partial charge is 0.297 e. The Morgan fingerprint density at radius 2 is 0.695 bits per heavy atom. The number of ether oxygens (including phenoxy) is 10.